The first-order chi connectivity index (χ1) is 7.56. The first-order valence-corrected chi connectivity index (χ1v) is 5.37. The molecule has 0 aliphatic carbocycles. The van der Waals surface area contributed by atoms with Gasteiger partial charge in [0.1, 0.15) is 0 Å². The van der Waals surface area contributed by atoms with Crippen molar-refractivity contribution in [2.45, 2.75) is 26.4 Å². The van der Waals surface area contributed by atoms with Crippen LogP contribution in [-0.4, -0.2) is 23.7 Å². The number of anilines is 1. The number of aryl methyl sites for hydroxylation is 1. The molecule has 0 spiro atoms. The third-order valence-corrected chi connectivity index (χ3v) is 2.50. The van der Waals surface area contributed by atoms with E-state index in [1.165, 1.54) is 0 Å². The topological polar surface area (TPSA) is 75.3 Å². The molecule has 1 amide bonds. The Hall–Kier alpha value is -1.55. The lowest BCUT2D eigenvalue weighted by atomic mass is 10.1. The van der Waals surface area contributed by atoms with Crippen LogP contribution in [0.4, 0.5) is 5.69 Å². The minimum absolute atomic E-state index is 0.233. The van der Waals surface area contributed by atoms with Gasteiger partial charge in [-0.15, -0.1) is 0 Å². The van der Waals surface area contributed by atoms with Gasteiger partial charge in [-0.3, -0.25) is 4.79 Å². The van der Waals surface area contributed by atoms with E-state index < -0.39 is 6.10 Å². The van der Waals surface area contributed by atoms with Crippen molar-refractivity contribution >= 4 is 11.6 Å². The molecule has 0 saturated carbocycles. The molecule has 4 heteroatoms. The molecule has 4 nitrogen and oxygen atoms in total. The van der Waals surface area contributed by atoms with Crippen molar-refractivity contribution in [1.82, 2.24) is 5.32 Å². The van der Waals surface area contributed by atoms with Gasteiger partial charge in [0.25, 0.3) is 5.91 Å². The number of hydrogen-bond donors (Lipinski definition) is 3. The summed E-state index contributed by atoms with van der Waals surface area (Å²) in [5.74, 6) is -0.233. The summed E-state index contributed by atoms with van der Waals surface area (Å²) in [4.78, 5) is 11.8. The predicted molar refractivity (Wildman–Crippen MR) is 64.2 cm³/mol. The van der Waals surface area contributed by atoms with E-state index in [4.69, 9.17) is 5.73 Å². The number of benzene rings is 1. The number of nitrogen functional groups attached to an aromatic ring is 1. The van der Waals surface area contributed by atoms with E-state index in [0.29, 0.717) is 17.7 Å². The Morgan fingerprint density at radius 1 is 1.56 bits per heavy atom. The van der Waals surface area contributed by atoms with Crippen molar-refractivity contribution in [1.29, 1.82) is 0 Å². The van der Waals surface area contributed by atoms with Gasteiger partial charge in [-0.1, -0.05) is 19.1 Å². The fourth-order valence-corrected chi connectivity index (χ4v) is 1.44. The smallest absolute Gasteiger partial charge is 0.253 e. The lowest BCUT2D eigenvalue weighted by Gasteiger charge is -2.12. The van der Waals surface area contributed by atoms with Crippen LogP contribution in [0.15, 0.2) is 18.2 Å². The van der Waals surface area contributed by atoms with Crippen molar-refractivity contribution in [2.75, 3.05) is 12.3 Å². The molecule has 0 radical (unpaired) electrons. The Balaban J connectivity index is 2.73. The highest BCUT2D eigenvalue weighted by Crippen LogP contribution is 2.15. The molecule has 0 aromatic heterocycles. The molecule has 88 valence electrons. The lowest BCUT2D eigenvalue weighted by Crippen LogP contribution is -2.32. The highest BCUT2D eigenvalue weighted by atomic mass is 16.3. The molecule has 0 aliphatic rings. The van der Waals surface area contributed by atoms with Crippen LogP contribution in [0.3, 0.4) is 0 Å². The average Bonchev–Trinajstić information content (AvgIpc) is 2.25. The maximum absolute atomic E-state index is 11.8. The van der Waals surface area contributed by atoms with E-state index in [0.717, 1.165) is 5.56 Å². The molecule has 0 heterocycles. The number of nitrogens with one attached hydrogen (secondary N) is 1. The van der Waals surface area contributed by atoms with Crippen LogP contribution in [0.5, 0.6) is 0 Å². The van der Waals surface area contributed by atoms with Crippen LogP contribution in [0.1, 0.15) is 29.3 Å². The Kier molecular flexibility index (Phi) is 4.31. The van der Waals surface area contributed by atoms with E-state index in [1.54, 1.807) is 6.07 Å². The van der Waals surface area contributed by atoms with E-state index in [1.807, 2.05) is 26.0 Å². The molecule has 1 atom stereocenters. The summed E-state index contributed by atoms with van der Waals surface area (Å²) in [6, 6.07) is 5.34. The molecule has 1 unspecified atom stereocenters. The second-order valence-corrected chi connectivity index (χ2v) is 3.81. The third-order valence-electron chi connectivity index (χ3n) is 2.50. The van der Waals surface area contributed by atoms with Gasteiger partial charge in [0.05, 0.1) is 11.7 Å². The van der Waals surface area contributed by atoms with Crippen LogP contribution >= 0.6 is 0 Å². The maximum atomic E-state index is 11.8. The molecule has 0 bridgehead atoms. The summed E-state index contributed by atoms with van der Waals surface area (Å²) >= 11 is 0. The molecule has 1 rings (SSSR count). The zero-order chi connectivity index (χ0) is 12.1. The van der Waals surface area contributed by atoms with Crippen molar-refractivity contribution < 1.29 is 9.90 Å². The van der Waals surface area contributed by atoms with Gasteiger partial charge in [0.2, 0.25) is 0 Å². The first kappa shape index (κ1) is 12.5. The van der Waals surface area contributed by atoms with Crippen molar-refractivity contribution in [2.24, 2.45) is 0 Å². The summed E-state index contributed by atoms with van der Waals surface area (Å²) in [6.07, 6.45) is 0.109. The van der Waals surface area contributed by atoms with E-state index in [-0.39, 0.29) is 12.5 Å². The van der Waals surface area contributed by atoms with E-state index in [2.05, 4.69) is 5.32 Å². The Labute approximate surface area is 95.5 Å². The number of nitrogens with two attached hydrogens (primary N) is 1. The number of rotatable bonds is 4. The number of amides is 1. The van der Waals surface area contributed by atoms with Crippen molar-refractivity contribution in [3.05, 3.63) is 29.3 Å². The van der Waals surface area contributed by atoms with E-state index >= 15 is 0 Å². The van der Waals surface area contributed by atoms with Gasteiger partial charge >= 0.3 is 0 Å². The van der Waals surface area contributed by atoms with Gasteiger partial charge in [-0.25, -0.2) is 0 Å². The Bertz CT molecular complexity index is 357. The zero-order valence-electron chi connectivity index (χ0n) is 9.66. The number of carbonyl (C=O) groups is 1. The fourth-order valence-electron chi connectivity index (χ4n) is 1.44. The van der Waals surface area contributed by atoms with E-state index in [9.17, 15) is 9.90 Å². The second kappa shape index (κ2) is 5.51. The minimum atomic E-state index is -0.505. The molecular formula is C12H18N2O2. The summed E-state index contributed by atoms with van der Waals surface area (Å²) in [6.45, 7) is 3.95. The standard InChI is InChI=1S/C12H18N2O2/c1-3-9(15)7-14-12(16)11-8(2)5-4-6-10(11)13/h4-6,9,15H,3,7,13H2,1-2H3,(H,14,16). The normalized spacial score (nSPS) is 12.2. The SMILES string of the molecule is CCC(O)CNC(=O)c1c(C)cccc1N. The van der Waals surface area contributed by atoms with Gasteiger partial charge in [0.15, 0.2) is 0 Å². The number of aliphatic hydroxyl groups is 1. The molecule has 1 aromatic carbocycles. The molecule has 0 aliphatic heterocycles. The van der Waals surface area contributed by atoms with Crippen LogP contribution in [-0.2, 0) is 0 Å². The van der Waals surface area contributed by atoms with Gasteiger partial charge in [-0.2, -0.15) is 0 Å². The van der Waals surface area contributed by atoms with Crippen LogP contribution in [0.2, 0.25) is 0 Å². The van der Waals surface area contributed by atoms with Gasteiger partial charge < -0.3 is 16.2 Å². The highest BCUT2D eigenvalue weighted by molar-refractivity contribution is 6.00. The Morgan fingerprint density at radius 3 is 2.81 bits per heavy atom. The molecule has 1 aromatic rings. The van der Waals surface area contributed by atoms with Crippen LogP contribution in [0.25, 0.3) is 0 Å². The summed E-state index contributed by atoms with van der Waals surface area (Å²) in [5, 5.41) is 12.0. The molecule has 0 saturated heterocycles. The predicted octanol–water partition coefficient (Wildman–Crippen LogP) is 1.08. The zero-order valence-corrected chi connectivity index (χ0v) is 9.66. The number of carbonyl (C=O) groups excluding carboxylic acids is 1. The molecular weight excluding hydrogens is 204 g/mol. The lowest BCUT2D eigenvalue weighted by molar-refractivity contribution is 0.0914. The summed E-state index contributed by atoms with van der Waals surface area (Å²) < 4.78 is 0. The van der Waals surface area contributed by atoms with Gasteiger partial charge in [0, 0.05) is 12.2 Å². The van der Waals surface area contributed by atoms with Crippen molar-refractivity contribution in [3.8, 4) is 0 Å². The average molecular weight is 222 g/mol. The van der Waals surface area contributed by atoms with Crippen LogP contribution in [0, 0.1) is 6.92 Å². The van der Waals surface area contributed by atoms with Crippen LogP contribution < -0.4 is 11.1 Å². The maximum Gasteiger partial charge on any atom is 0.253 e. The van der Waals surface area contributed by atoms with Gasteiger partial charge in [-0.05, 0) is 25.0 Å². The number of aliphatic hydroxyl groups excluding tert-OH is 1. The molecule has 4 N–H and O–H groups in total. The summed E-state index contributed by atoms with van der Waals surface area (Å²) in [5.41, 5.74) is 7.53. The second-order valence-electron chi connectivity index (χ2n) is 3.81. The summed E-state index contributed by atoms with van der Waals surface area (Å²) in [7, 11) is 0. The largest absolute Gasteiger partial charge is 0.398 e. The highest BCUT2D eigenvalue weighted by Gasteiger charge is 2.12. The monoisotopic (exact) mass is 222 g/mol. The quantitative estimate of drug-likeness (QED) is 0.667. The third kappa shape index (κ3) is 2.97. The fraction of sp³-hybridized carbons (Fsp3) is 0.417. The Morgan fingerprint density at radius 2 is 2.25 bits per heavy atom. The molecule has 0 fully saturated rings. The number of hydrogen-bond acceptors (Lipinski definition) is 3. The minimum Gasteiger partial charge on any atom is -0.398 e. The first-order valence-electron chi connectivity index (χ1n) is 5.37. The van der Waals surface area contributed by atoms with Crippen molar-refractivity contribution in [3.63, 3.8) is 0 Å². The molecule has 16 heavy (non-hydrogen) atoms.